The molecule has 1 aliphatic heterocycles. The summed E-state index contributed by atoms with van der Waals surface area (Å²) in [5, 5.41) is 3.05. The van der Waals surface area contributed by atoms with Crippen LogP contribution in [-0.2, 0) is 11.2 Å². The maximum Gasteiger partial charge on any atom is 0.220 e. The molecule has 1 fully saturated rings. The summed E-state index contributed by atoms with van der Waals surface area (Å²) < 4.78 is 0. The molecule has 0 bridgehead atoms. The number of hydrogen-bond acceptors (Lipinski definition) is 3. The van der Waals surface area contributed by atoms with Crippen LogP contribution in [0.1, 0.15) is 24.8 Å². The van der Waals surface area contributed by atoms with Crippen molar-refractivity contribution in [3.05, 3.63) is 29.8 Å². The van der Waals surface area contributed by atoms with E-state index < -0.39 is 0 Å². The van der Waals surface area contributed by atoms with Crippen molar-refractivity contribution in [2.45, 2.75) is 25.7 Å². The largest absolute Gasteiger partial charge is 0.399 e. The zero-order chi connectivity index (χ0) is 13.5. The lowest BCUT2D eigenvalue weighted by atomic mass is 10.0. The Morgan fingerprint density at radius 2 is 2.05 bits per heavy atom. The van der Waals surface area contributed by atoms with Crippen molar-refractivity contribution in [2.24, 2.45) is 5.92 Å². The monoisotopic (exact) mass is 278 g/mol. The van der Waals surface area contributed by atoms with Crippen LogP contribution in [0, 0.1) is 5.92 Å². The van der Waals surface area contributed by atoms with E-state index in [0.29, 0.717) is 12.3 Å². The van der Waals surface area contributed by atoms with E-state index in [-0.39, 0.29) is 5.91 Å². The molecule has 1 aromatic carbocycles. The molecule has 1 aliphatic rings. The van der Waals surface area contributed by atoms with E-state index in [1.165, 1.54) is 24.3 Å². The van der Waals surface area contributed by atoms with Gasteiger partial charge in [-0.2, -0.15) is 11.8 Å². The quantitative estimate of drug-likeness (QED) is 0.814. The first-order valence-electron chi connectivity index (χ1n) is 6.93. The van der Waals surface area contributed by atoms with Gasteiger partial charge in [-0.05, 0) is 48.3 Å². The lowest BCUT2D eigenvalue weighted by Gasteiger charge is -2.21. The molecule has 0 radical (unpaired) electrons. The van der Waals surface area contributed by atoms with E-state index in [1.54, 1.807) is 0 Å². The Labute approximate surface area is 119 Å². The molecule has 104 valence electrons. The van der Waals surface area contributed by atoms with E-state index in [9.17, 15) is 4.79 Å². The summed E-state index contributed by atoms with van der Waals surface area (Å²) in [6.07, 6.45) is 3.71. The number of carbonyl (C=O) groups excluding carboxylic acids is 1. The lowest BCUT2D eigenvalue weighted by Crippen LogP contribution is -2.31. The number of rotatable bonds is 5. The third-order valence-corrected chi connectivity index (χ3v) is 4.65. The van der Waals surface area contributed by atoms with E-state index in [4.69, 9.17) is 5.73 Å². The SMILES string of the molecule is Nc1ccccc1CCC(=O)NCC1CCSCC1. The normalized spacial score (nSPS) is 16.2. The fraction of sp³-hybridized carbons (Fsp3) is 0.533. The molecule has 0 spiro atoms. The van der Waals surface area contributed by atoms with E-state index in [1.807, 2.05) is 36.0 Å². The van der Waals surface area contributed by atoms with Crippen LogP contribution in [0.15, 0.2) is 24.3 Å². The second-order valence-electron chi connectivity index (χ2n) is 5.06. The molecule has 1 amide bonds. The molecule has 1 aromatic rings. The minimum Gasteiger partial charge on any atom is -0.399 e. The van der Waals surface area contributed by atoms with Gasteiger partial charge in [0.05, 0.1) is 0 Å². The number of thioether (sulfide) groups is 1. The molecular weight excluding hydrogens is 256 g/mol. The van der Waals surface area contributed by atoms with Crippen molar-refractivity contribution in [1.29, 1.82) is 0 Å². The van der Waals surface area contributed by atoms with Gasteiger partial charge in [0.1, 0.15) is 0 Å². The number of benzene rings is 1. The van der Waals surface area contributed by atoms with Gasteiger partial charge >= 0.3 is 0 Å². The minimum absolute atomic E-state index is 0.140. The standard InChI is InChI=1S/C15H22N2OS/c16-14-4-2-1-3-13(14)5-6-15(18)17-11-12-7-9-19-10-8-12/h1-4,12H,5-11,16H2,(H,17,18). The number of nitrogen functional groups attached to an aromatic ring is 1. The summed E-state index contributed by atoms with van der Waals surface area (Å²) in [6.45, 7) is 0.837. The highest BCUT2D eigenvalue weighted by molar-refractivity contribution is 7.99. The number of hydrogen-bond donors (Lipinski definition) is 2. The van der Waals surface area contributed by atoms with Crippen LogP contribution in [0.25, 0.3) is 0 Å². The zero-order valence-electron chi connectivity index (χ0n) is 11.2. The average molecular weight is 278 g/mol. The van der Waals surface area contributed by atoms with Gasteiger partial charge < -0.3 is 11.1 Å². The average Bonchev–Trinajstić information content (AvgIpc) is 2.45. The Morgan fingerprint density at radius 3 is 2.79 bits per heavy atom. The summed E-state index contributed by atoms with van der Waals surface area (Å²) >= 11 is 2.02. The highest BCUT2D eigenvalue weighted by atomic mass is 32.2. The molecule has 4 heteroatoms. The predicted octanol–water partition coefficient (Wildman–Crippen LogP) is 2.46. The Morgan fingerprint density at radius 1 is 1.32 bits per heavy atom. The van der Waals surface area contributed by atoms with Gasteiger partial charge in [-0.25, -0.2) is 0 Å². The maximum atomic E-state index is 11.8. The molecule has 3 N–H and O–H groups in total. The molecule has 19 heavy (non-hydrogen) atoms. The second kappa shape index (κ2) is 7.43. The number of aryl methyl sites for hydroxylation is 1. The topological polar surface area (TPSA) is 55.1 Å². The third-order valence-electron chi connectivity index (χ3n) is 3.61. The van der Waals surface area contributed by atoms with Gasteiger partial charge in [0.2, 0.25) is 5.91 Å². The van der Waals surface area contributed by atoms with E-state index >= 15 is 0 Å². The minimum atomic E-state index is 0.140. The molecule has 1 saturated heterocycles. The number of amides is 1. The van der Waals surface area contributed by atoms with Gasteiger partial charge in [-0.15, -0.1) is 0 Å². The van der Waals surface area contributed by atoms with Crippen molar-refractivity contribution in [1.82, 2.24) is 5.32 Å². The molecule has 0 aliphatic carbocycles. The lowest BCUT2D eigenvalue weighted by molar-refractivity contribution is -0.121. The summed E-state index contributed by atoms with van der Waals surface area (Å²) in [4.78, 5) is 11.8. The van der Waals surface area contributed by atoms with E-state index in [0.717, 1.165) is 24.2 Å². The summed E-state index contributed by atoms with van der Waals surface area (Å²) in [7, 11) is 0. The smallest absolute Gasteiger partial charge is 0.220 e. The molecule has 3 nitrogen and oxygen atoms in total. The van der Waals surface area contributed by atoms with Gasteiger partial charge in [0.25, 0.3) is 0 Å². The molecule has 0 unspecified atom stereocenters. The number of anilines is 1. The Bertz CT molecular complexity index is 416. The van der Waals surface area contributed by atoms with E-state index in [2.05, 4.69) is 5.32 Å². The van der Waals surface area contributed by atoms with Crippen LogP contribution in [0.4, 0.5) is 5.69 Å². The highest BCUT2D eigenvalue weighted by Crippen LogP contribution is 2.21. The van der Waals surface area contributed by atoms with Crippen molar-refractivity contribution in [3.63, 3.8) is 0 Å². The highest BCUT2D eigenvalue weighted by Gasteiger charge is 2.14. The molecule has 2 rings (SSSR count). The second-order valence-corrected chi connectivity index (χ2v) is 6.28. The first-order valence-corrected chi connectivity index (χ1v) is 8.09. The Hall–Kier alpha value is -1.16. The summed E-state index contributed by atoms with van der Waals surface area (Å²) in [5.41, 5.74) is 7.70. The van der Waals surface area contributed by atoms with Crippen LogP contribution >= 0.6 is 11.8 Å². The zero-order valence-corrected chi connectivity index (χ0v) is 12.0. The molecular formula is C15H22N2OS. The first kappa shape index (κ1) is 14.3. The van der Waals surface area contributed by atoms with Gasteiger partial charge in [-0.3, -0.25) is 4.79 Å². The first-order chi connectivity index (χ1) is 9.25. The fourth-order valence-electron chi connectivity index (χ4n) is 2.31. The molecule has 0 atom stereocenters. The number of nitrogens with two attached hydrogens (primary N) is 1. The van der Waals surface area contributed by atoms with Crippen LogP contribution in [0.3, 0.4) is 0 Å². The van der Waals surface area contributed by atoms with Crippen LogP contribution in [0.5, 0.6) is 0 Å². The number of nitrogens with one attached hydrogen (secondary N) is 1. The maximum absolute atomic E-state index is 11.8. The van der Waals surface area contributed by atoms with Crippen LogP contribution < -0.4 is 11.1 Å². The predicted molar refractivity (Wildman–Crippen MR) is 82.2 cm³/mol. The van der Waals surface area contributed by atoms with Crippen molar-refractivity contribution >= 4 is 23.4 Å². The van der Waals surface area contributed by atoms with Crippen LogP contribution in [-0.4, -0.2) is 24.0 Å². The summed E-state index contributed by atoms with van der Waals surface area (Å²) in [5.74, 6) is 3.29. The van der Waals surface area contributed by atoms with Crippen molar-refractivity contribution in [3.8, 4) is 0 Å². The third kappa shape index (κ3) is 4.78. The fourth-order valence-corrected chi connectivity index (χ4v) is 3.51. The number of carbonyl (C=O) groups is 1. The van der Waals surface area contributed by atoms with Crippen molar-refractivity contribution in [2.75, 3.05) is 23.8 Å². The Kier molecular flexibility index (Phi) is 5.58. The number of para-hydroxylation sites is 1. The summed E-state index contributed by atoms with van der Waals surface area (Å²) in [6, 6.07) is 7.75. The molecule has 1 heterocycles. The molecule has 0 aromatic heterocycles. The Balaban J connectivity index is 1.68. The van der Waals surface area contributed by atoms with Crippen molar-refractivity contribution < 1.29 is 4.79 Å². The van der Waals surface area contributed by atoms with Gasteiger partial charge in [0, 0.05) is 18.7 Å². The van der Waals surface area contributed by atoms with Gasteiger partial charge in [0.15, 0.2) is 0 Å². The van der Waals surface area contributed by atoms with Gasteiger partial charge in [-0.1, -0.05) is 18.2 Å². The molecule has 0 saturated carbocycles. The van der Waals surface area contributed by atoms with Crippen LogP contribution in [0.2, 0.25) is 0 Å².